The predicted molar refractivity (Wildman–Crippen MR) is 136 cm³/mol. The number of aromatic nitrogens is 3. The van der Waals surface area contributed by atoms with Gasteiger partial charge in [0.25, 0.3) is 5.56 Å². The van der Waals surface area contributed by atoms with Crippen LogP contribution in [0.3, 0.4) is 0 Å². The average molecular weight is 488 g/mol. The largest absolute Gasteiger partial charge is 0.490 e. The van der Waals surface area contributed by atoms with Gasteiger partial charge in [-0.15, -0.1) is 5.10 Å². The van der Waals surface area contributed by atoms with E-state index in [4.69, 9.17) is 20.8 Å². The van der Waals surface area contributed by atoms with Gasteiger partial charge >= 0.3 is 0 Å². The summed E-state index contributed by atoms with van der Waals surface area (Å²) in [6.07, 6.45) is 7.06. The first kappa shape index (κ1) is 21.9. The third kappa shape index (κ3) is 4.71. The fourth-order valence-corrected chi connectivity index (χ4v) is 4.27. The lowest BCUT2D eigenvalue weighted by molar-refractivity contribution is 0.363. The smallest absolute Gasteiger partial charge is 0.291 e. The van der Waals surface area contributed by atoms with Gasteiger partial charge in [0, 0.05) is 16.7 Å². The molecule has 8 heteroatoms. The van der Waals surface area contributed by atoms with Gasteiger partial charge in [-0.2, -0.15) is 9.50 Å². The molecule has 2 aromatic carbocycles. The summed E-state index contributed by atoms with van der Waals surface area (Å²) >= 11 is 7.21. The highest BCUT2D eigenvalue weighted by Crippen LogP contribution is 2.24. The molecule has 34 heavy (non-hydrogen) atoms. The summed E-state index contributed by atoms with van der Waals surface area (Å²) < 4.78 is 13.2. The summed E-state index contributed by atoms with van der Waals surface area (Å²) in [6, 6.07) is 18.7. The molecule has 0 radical (unpaired) electrons. The van der Waals surface area contributed by atoms with Crippen molar-refractivity contribution in [1.82, 2.24) is 14.6 Å². The second-order valence-corrected chi connectivity index (χ2v) is 8.74. The molecule has 3 heterocycles. The fraction of sp³-hybridized carbons (Fsp3) is 0.0385. The number of nitrogens with zero attached hydrogens (tertiary/aromatic N) is 3. The van der Waals surface area contributed by atoms with E-state index in [-0.39, 0.29) is 5.56 Å². The molecule has 0 fully saturated rings. The molecule has 0 bridgehead atoms. The highest BCUT2D eigenvalue weighted by molar-refractivity contribution is 7.15. The molecule has 168 valence electrons. The maximum Gasteiger partial charge on any atom is 0.291 e. The molecule has 0 atom stereocenters. The Hall–Kier alpha value is -3.94. The number of furan rings is 1. The maximum atomic E-state index is 12.8. The normalized spacial score (nSPS) is 12.1. The van der Waals surface area contributed by atoms with Gasteiger partial charge in [-0.3, -0.25) is 4.79 Å². The number of benzene rings is 2. The Morgan fingerprint density at radius 3 is 2.59 bits per heavy atom. The number of fused-ring (bicyclic) bond motifs is 1. The molecule has 6 nitrogen and oxygen atoms in total. The van der Waals surface area contributed by atoms with Gasteiger partial charge < -0.3 is 9.15 Å². The monoisotopic (exact) mass is 487 g/mol. The van der Waals surface area contributed by atoms with E-state index < -0.39 is 0 Å². The van der Waals surface area contributed by atoms with E-state index in [1.165, 1.54) is 15.9 Å². The van der Waals surface area contributed by atoms with E-state index >= 15 is 0 Å². The number of halogens is 1. The maximum absolute atomic E-state index is 12.8. The van der Waals surface area contributed by atoms with Crippen molar-refractivity contribution in [2.75, 3.05) is 6.61 Å². The van der Waals surface area contributed by atoms with Crippen molar-refractivity contribution < 1.29 is 9.15 Å². The van der Waals surface area contributed by atoms with Crippen LogP contribution < -0.4 is 14.8 Å². The SMILES string of the molecule is C=CCOc1ccc(/C=C/c2nc3s/c(=C\c4ccc(-c5ccc(Cl)cc5)o4)c(=O)n3n2)cc1. The van der Waals surface area contributed by atoms with Gasteiger partial charge in [0.15, 0.2) is 5.82 Å². The van der Waals surface area contributed by atoms with Gasteiger partial charge in [0.05, 0.1) is 0 Å². The minimum Gasteiger partial charge on any atom is -0.490 e. The number of hydrogen-bond donors (Lipinski definition) is 0. The highest BCUT2D eigenvalue weighted by Gasteiger charge is 2.10. The zero-order chi connectivity index (χ0) is 23.5. The van der Waals surface area contributed by atoms with Crippen LogP contribution in [0.5, 0.6) is 5.75 Å². The van der Waals surface area contributed by atoms with Crippen LogP contribution in [-0.4, -0.2) is 21.2 Å². The zero-order valence-corrected chi connectivity index (χ0v) is 19.4. The van der Waals surface area contributed by atoms with Gasteiger partial charge in [0.2, 0.25) is 4.96 Å². The molecule has 5 aromatic rings. The van der Waals surface area contributed by atoms with Crippen molar-refractivity contribution in [1.29, 1.82) is 0 Å². The third-order valence-corrected chi connectivity index (χ3v) is 6.11. The van der Waals surface area contributed by atoms with Crippen LogP contribution in [0, 0.1) is 0 Å². The van der Waals surface area contributed by atoms with Gasteiger partial charge in [-0.05, 0) is 60.2 Å². The summed E-state index contributed by atoms with van der Waals surface area (Å²) in [4.78, 5) is 17.8. The second-order valence-electron chi connectivity index (χ2n) is 7.29. The molecule has 0 saturated carbocycles. The summed E-state index contributed by atoms with van der Waals surface area (Å²) in [7, 11) is 0. The Morgan fingerprint density at radius 1 is 1.06 bits per heavy atom. The van der Waals surface area contributed by atoms with Gasteiger partial charge in [-0.1, -0.05) is 53.8 Å². The van der Waals surface area contributed by atoms with E-state index in [9.17, 15) is 4.79 Å². The molecular weight excluding hydrogens is 470 g/mol. The number of ether oxygens (including phenoxy) is 1. The molecule has 0 saturated heterocycles. The minimum absolute atomic E-state index is 0.236. The summed E-state index contributed by atoms with van der Waals surface area (Å²) in [5.41, 5.74) is 1.64. The van der Waals surface area contributed by atoms with Crippen molar-refractivity contribution >= 4 is 46.1 Å². The van der Waals surface area contributed by atoms with E-state index in [1.54, 1.807) is 30.4 Å². The first-order chi connectivity index (χ1) is 16.6. The van der Waals surface area contributed by atoms with Crippen molar-refractivity contribution in [2.24, 2.45) is 0 Å². The van der Waals surface area contributed by atoms with E-state index in [1.807, 2.05) is 54.6 Å². The predicted octanol–water partition coefficient (Wildman–Crippen LogP) is 5.35. The zero-order valence-electron chi connectivity index (χ0n) is 17.8. The standard InChI is InChI=1S/C26H18ClN3O3S/c1-2-15-32-20-10-3-17(4-11-20)5-14-24-28-26-30(29-24)25(31)23(34-26)16-21-12-13-22(33-21)18-6-8-19(27)9-7-18/h2-14,16H,1,15H2/b14-5+,23-16-. The Bertz CT molecular complexity index is 1600. The highest BCUT2D eigenvalue weighted by atomic mass is 35.5. The lowest BCUT2D eigenvalue weighted by atomic mass is 10.2. The molecule has 0 spiro atoms. The Kier molecular flexibility index (Phi) is 6.12. The lowest BCUT2D eigenvalue weighted by Gasteiger charge is -2.02. The Labute approximate surface area is 203 Å². The molecule has 5 rings (SSSR count). The van der Waals surface area contributed by atoms with Crippen LogP contribution in [0.15, 0.2) is 82.5 Å². The summed E-state index contributed by atoms with van der Waals surface area (Å²) in [5, 5.41) is 4.99. The number of hydrogen-bond acceptors (Lipinski definition) is 6. The van der Waals surface area contributed by atoms with Crippen LogP contribution in [-0.2, 0) is 0 Å². The molecule has 0 N–H and O–H groups in total. The number of rotatable bonds is 7. The molecule has 0 aliphatic rings. The first-order valence-electron chi connectivity index (χ1n) is 10.4. The van der Waals surface area contributed by atoms with Crippen molar-refractivity contribution in [3.63, 3.8) is 0 Å². The van der Waals surface area contributed by atoms with Crippen molar-refractivity contribution in [2.45, 2.75) is 0 Å². The van der Waals surface area contributed by atoms with Gasteiger partial charge in [-0.25, -0.2) is 0 Å². The molecule has 0 unspecified atom stereocenters. The lowest BCUT2D eigenvalue weighted by Crippen LogP contribution is -2.23. The van der Waals surface area contributed by atoms with Crippen LogP contribution in [0.1, 0.15) is 17.1 Å². The molecular formula is C26H18ClN3O3S. The van der Waals surface area contributed by atoms with Crippen LogP contribution in [0.25, 0.3) is 34.5 Å². The topological polar surface area (TPSA) is 69.6 Å². The average Bonchev–Trinajstić information content (AvgIpc) is 3.55. The Balaban J connectivity index is 1.35. The molecule has 0 amide bonds. The van der Waals surface area contributed by atoms with E-state index in [0.29, 0.717) is 38.5 Å². The van der Waals surface area contributed by atoms with Crippen LogP contribution in [0.2, 0.25) is 5.02 Å². The molecule has 3 aromatic heterocycles. The summed E-state index contributed by atoms with van der Waals surface area (Å²) in [5.74, 6) is 2.51. The molecule has 0 aliphatic heterocycles. The van der Waals surface area contributed by atoms with Crippen LogP contribution in [0.4, 0.5) is 0 Å². The Morgan fingerprint density at radius 2 is 1.85 bits per heavy atom. The van der Waals surface area contributed by atoms with Gasteiger partial charge in [0.1, 0.15) is 28.4 Å². The minimum atomic E-state index is -0.236. The number of thiazole rings is 1. The fourth-order valence-electron chi connectivity index (χ4n) is 3.25. The summed E-state index contributed by atoms with van der Waals surface area (Å²) in [6.45, 7) is 4.10. The quantitative estimate of drug-likeness (QED) is 0.289. The first-order valence-corrected chi connectivity index (χ1v) is 11.6. The second kappa shape index (κ2) is 9.51. The van der Waals surface area contributed by atoms with Crippen molar-refractivity contribution in [3.05, 3.63) is 110 Å². The third-order valence-electron chi connectivity index (χ3n) is 4.90. The molecule has 0 aliphatic carbocycles. The van der Waals surface area contributed by atoms with E-state index in [2.05, 4.69) is 16.7 Å². The van der Waals surface area contributed by atoms with Crippen molar-refractivity contribution in [3.8, 4) is 17.1 Å². The van der Waals surface area contributed by atoms with Crippen LogP contribution >= 0.6 is 22.9 Å². The van der Waals surface area contributed by atoms with E-state index in [0.717, 1.165) is 16.9 Å².